The van der Waals surface area contributed by atoms with Gasteiger partial charge in [-0.3, -0.25) is 4.90 Å². The minimum Gasteiger partial charge on any atom is -0.497 e. The predicted molar refractivity (Wildman–Crippen MR) is 93.1 cm³/mol. The monoisotopic (exact) mass is 331 g/mol. The van der Waals surface area contributed by atoms with Gasteiger partial charge in [0.1, 0.15) is 5.75 Å². The van der Waals surface area contributed by atoms with Crippen LogP contribution in [0, 0.1) is 5.92 Å². The summed E-state index contributed by atoms with van der Waals surface area (Å²) < 4.78 is 11.1. The van der Waals surface area contributed by atoms with Gasteiger partial charge < -0.3 is 14.6 Å². The molecule has 1 saturated heterocycles. The fourth-order valence-corrected chi connectivity index (χ4v) is 5.66. The molecule has 4 atom stereocenters. The SMILES string of the molecule is CCOC(O)N1CCC23CCCCC2C1Cc1ccc(OC)cc13. The molecular formula is C20H29NO3. The number of aliphatic hydroxyl groups excluding tert-OH is 1. The fourth-order valence-electron chi connectivity index (χ4n) is 5.66. The zero-order chi connectivity index (χ0) is 16.7. The third-order valence-corrected chi connectivity index (χ3v) is 6.69. The Hall–Kier alpha value is -1.10. The third kappa shape index (κ3) is 2.39. The lowest BCUT2D eigenvalue weighted by atomic mass is 9.52. The standard InChI is InChI=1S/C20H29NO3/c1-3-24-19(22)21-11-10-20-9-5-4-6-16(20)18(21)12-14-7-8-15(23-2)13-17(14)20/h7-8,13,16,18-19,22H,3-6,9-12H2,1-2H3. The first kappa shape index (κ1) is 16.4. The van der Waals surface area contributed by atoms with E-state index >= 15 is 0 Å². The van der Waals surface area contributed by atoms with Crippen LogP contribution >= 0.6 is 0 Å². The van der Waals surface area contributed by atoms with Crippen LogP contribution in [0.4, 0.5) is 0 Å². The molecule has 3 aliphatic rings. The molecule has 1 saturated carbocycles. The van der Waals surface area contributed by atoms with Gasteiger partial charge in [0.05, 0.1) is 7.11 Å². The van der Waals surface area contributed by atoms with Gasteiger partial charge in [-0.15, -0.1) is 0 Å². The van der Waals surface area contributed by atoms with Gasteiger partial charge in [-0.25, -0.2) is 0 Å². The highest BCUT2D eigenvalue weighted by molar-refractivity contribution is 5.45. The Morgan fingerprint density at radius 2 is 2.21 bits per heavy atom. The molecule has 132 valence electrons. The van der Waals surface area contributed by atoms with E-state index in [0.717, 1.165) is 25.1 Å². The Balaban J connectivity index is 1.76. The molecule has 0 aromatic heterocycles. The Labute approximate surface area is 144 Å². The molecule has 4 nitrogen and oxygen atoms in total. The molecule has 0 spiro atoms. The van der Waals surface area contributed by atoms with Crippen LogP contribution < -0.4 is 4.74 Å². The first-order chi connectivity index (χ1) is 11.7. The average molecular weight is 331 g/mol. The van der Waals surface area contributed by atoms with Crippen LogP contribution in [0.25, 0.3) is 0 Å². The lowest BCUT2D eigenvalue weighted by molar-refractivity contribution is -0.226. The normalized spacial score (nSPS) is 33.5. The quantitative estimate of drug-likeness (QED) is 0.861. The summed E-state index contributed by atoms with van der Waals surface area (Å²) in [5.74, 6) is 1.59. The fraction of sp³-hybridized carbons (Fsp3) is 0.700. The molecule has 1 aromatic rings. The second kappa shape index (κ2) is 6.32. The van der Waals surface area contributed by atoms with Crippen LogP contribution in [-0.2, 0) is 16.6 Å². The molecule has 2 bridgehead atoms. The number of likely N-dealkylation sites (tertiary alicyclic amines) is 1. The highest BCUT2D eigenvalue weighted by atomic mass is 16.6. The molecule has 4 heteroatoms. The van der Waals surface area contributed by atoms with Crippen LogP contribution in [0.1, 0.15) is 50.2 Å². The smallest absolute Gasteiger partial charge is 0.216 e. The lowest BCUT2D eigenvalue weighted by Gasteiger charge is -2.59. The maximum atomic E-state index is 10.5. The van der Waals surface area contributed by atoms with Crippen molar-refractivity contribution >= 4 is 0 Å². The van der Waals surface area contributed by atoms with E-state index in [0.29, 0.717) is 18.6 Å². The van der Waals surface area contributed by atoms with E-state index in [1.807, 2.05) is 6.92 Å². The van der Waals surface area contributed by atoms with Gasteiger partial charge in [0.2, 0.25) is 6.41 Å². The van der Waals surface area contributed by atoms with Crippen molar-refractivity contribution in [2.24, 2.45) is 5.92 Å². The first-order valence-corrected chi connectivity index (χ1v) is 9.42. The minimum absolute atomic E-state index is 0.271. The van der Waals surface area contributed by atoms with Gasteiger partial charge in [-0.1, -0.05) is 18.9 Å². The van der Waals surface area contributed by atoms with E-state index in [1.54, 1.807) is 7.11 Å². The summed E-state index contributed by atoms with van der Waals surface area (Å²) >= 11 is 0. The number of ether oxygens (including phenoxy) is 2. The van der Waals surface area contributed by atoms with Gasteiger partial charge in [-0.2, -0.15) is 0 Å². The number of benzene rings is 1. The van der Waals surface area contributed by atoms with Gasteiger partial charge in [0.15, 0.2) is 0 Å². The zero-order valence-electron chi connectivity index (χ0n) is 14.8. The van der Waals surface area contributed by atoms with Crippen LogP contribution in [0.2, 0.25) is 0 Å². The molecule has 2 fully saturated rings. The van der Waals surface area contributed by atoms with Gasteiger partial charge in [-0.05, 0) is 61.8 Å². The molecule has 1 aliphatic heterocycles. The predicted octanol–water partition coefficient (Wildman–Crippen LogP) is 3.07. The third-order valence-electron chi connectivity index (χ3n) is 6.69. The molecule has 1 heterocycles. The number of fused-ring (bicyclic) bond motifs is 1. The highest BCUT2D eigenvalue weighted by Gasteiger charge is 2.54. The highest BCUT2D eigenvalue weighted by Crippen LogP contribution is 2.56. The number of rotatable bonds is 4. The molecule has 24 heavy (non-hydrogen) atoms. The Kier molecular flexibility index (Phi) is 4.31. The summed E-state index contributed by atoms with van der Waals surface area (Å²) in [6, 6.07) is 7.00. The van der Waals surface area contributed by atoms with Crippen LogP contribution in [0.15, 0.2) is 18.2 Å². The van der Waals surface area contributed by atoms with E-state index in [1.165, 1.54) is 36.8 Å². The summed E-state index contributed by atoms with van der Waals surface area (Å²) in [7, 11) is 1.75. The first-order valence-electron chi connectivity index (χ1n) is 9.42. The van der Waals surface area contributed by atoms with Crippen molar-refractivity contribution in [2.75, 3.05) is 20.3 Å². The van der Waals surface area contributed by atoms with E-state index in [9.17, 15) is 5.11 Å². The van der Waals surface area contributed by atoms with E-state index < -0.39 is 6.41 Å². The second-order valence-corrected chi connectivity index (χ2v) is 7.57. The number of nitrogens with zero attached hydrogens (tertiary/aromatic N) is 1. The van der Waals surface area contributed by atoms with E-state index in [-0.39, 0.29) is 5.41 Å². The van der Waals surface area contributed by atoms with Crippen LogP contribution in [0.3, 0.4) is 0 Å². The molecule has 1 N–H and O–H groups in total. The minimum atomic E-state index is -0.764. The maximum absolute atomic E-state index is 10.5. The average Bonchev–Trinajstić information content (AvgIpc) is 2.61. The zero-order valence-corrected chi connectivity index (χ0v) is 14.8. The van der Waals surface area contributed by atoms with Crippen molar-refractivity contribution in [3.05, 3.63) is 29.3 Å². The van der Waals surface area contributed by atoms with E-state index in [4.69, 9.17) is 9.47 Å². The topological polar surface area (TPSA) is 41.9 Å². The summed E-state index contributed by atoms with van der Waals surface area (Å²) in [5, 5.41) is 10.5. The number of piperidine rings is 1. The molecule has 2 aliphatic carbocycles. The van der Waals surface area contributed by atoms with Crippen molar-refractivity contribution in [3.63, 3.8) is 0 Å². The van der Waals surface area contributed by atoms with Crippen molar-refractivity contribution in [2.45, 2.75) is 63.3 Å². The molecule has 0 radical (unpaired) electrons. The van der Waals surface area contributed by atoms with Crippen LogP contribution in [-0.4, -0.2) is 42.7 Å². The van der Waals surface area contributed by atoms with Gasteiger partial charge in [0, 0.05) is 24.6 Å². The number of aliphatic hydroxyl groups is 1. The molecule has 1 aromatic carbocycles. The van der Waals surface area contributed by atoms with E-state index in [2.05, 4.69) is 23.1 Å². The Morgan fingerprint density at radius 3 is 3.00 bits per heavy atom. The van der Waals surface area contributed by atoms with Gasteiger partial charge >= 0.3 is 0 Å². The Morgan fingerprint density at radius 1 is 1.33 bits per heavy atom. The molecule has 4 rings (SSSR count). The van der Waals surface area contributed by atoms with Crippen molar-refractivity contribution in [3.8, 4) is 5.75 Å². The molecule has 0 amide bonds. The number of methoxy groups -OCH3 is 1. The largest absolute Gasteiger partial charge is 0.497 e. The van der Waals surface area contributed by atoms with Gasteiger partial charge in [0.25, 0.3) is 0 Å². The number of hydrogen-bond acceptors (Lipinski definition) is 4. The summed E-state index contributed by atoms with van der Waals surface area (Å²) in [6.45, 7) is 3.41. The molecule has 4 unspecified atom stereocenters. The maximum Gasteiger partial charge on any atom is 0.216 e. The summed E-state index contributed by atoms with van der Waals surface area (Å²) in [6.07, 6.45) is 6.51. The Bertz CT molecular complexity index is 605. The summed E-state index contributed by atoms with van der Waals surface area (Å²) in [4.78, 5) is 2.21. The van der Waals surface area contributed by atoms with Crippen molar-refractivity contribution < 1.29 is 14.6 Å². The summed E-state index contributed by atoms with van der Waals surface area (Å²) in [5.41, 5.74) is 3.23. The van der Waals surface area contributed by atoms with Crippen molar-refractivity contribution in [1.29, 1.82) is 0 Å². The van der Waals surface area contributed by atoms with Crippen LogP contribution in [0.5, 0.6) is 5.75 Å². The second-order valence-electron chi connectivity index (χ2n) is 7.57. The number of hydrogen-bond donors (Lipinski definition) is 1. The lowest BCUT2D eigenvalue weighted by Crippen LogP contribution is -2.63. The molecular weight excluding hydrogens is 302 g/mol. The van der Waals surface area contributed by atoms with Crippen molar-refractivity contribution in [1.82, 2.24) is 4.90 Å².